The highest BCUT2D eigenvalue weighted by atomic mass is 16.5. The zero-order valence-electron chi connectivity index (χ0n) is 20.0. The Kier molecular flexibility index (Phi) is 6.64. The van der Waals surface area contributed by atoms with Crippen LogP contribution in [0.2, 0.25) is 0 Å². The molecule has 0 fully saturated rings. The first kappa shape index (κ1) is 23.7. The Bertz CT molecular complexity index is 1320. The van der Waals surface area contributed by atoms with Gasteiger partial charge in [-0.1, -0.05) is 6.07 Å². The number of esters is 1. The van der Waals surface area contributed by atoms with Crippen LogP contribution in [0.3, 0.4) is 0 Å². The number of aryl methyl sites for hydroxylation is 1. The normalized spacial score (nSPS) is 13.2. The van der Waals surface area contributed by atoms with Gasteiger partial charge in [0.15, 0.2) is 5.76 Å². The van der Waals surface area contributed by atoms with Crippen LogP contribution in [-0.2, 0) is 0 Å². The highest BCUT2D eigenvalue weighted by Crippen LogP contribution is 2.39. The van der Waals surface area contributed by atoms with Gasteiger partial charge in [0.25, 0.3) is 0 Å². The maximum atomic E-state index is 13.1. The van der Waals surface area contributed by atoms with Gasteiger partial charge in [-0.15, -0.1) is 0 Å². The Labute approximate surface area is 202 Å². The number of hydrogen-bond donors (Lipinski definition) is 0. The summed E-state index contributed by atoms with van der Waals surface area (Å²) >= 11 is 0. The fourth-order valence-electron chi connectivity index (χ4n) is 3.83. The zero-order chi connectivity index (χ0) is 25.1. The molecule has 0 N–H and O–H groups in total. The second-order valence-electron chi connectivity index (χ2n) is 7.59. The van der Waals surface area contributed by atoms with Crippen molar-refractivity contribution in [2.75, 3.05) is 28.4 Å². The Morgan fingerprint density at radius 2 is 1.51 bits per heavy atom. The van der Waals surface area contributed by atoms with E-state index >= 15 is 0 Å². The fraction of sp³-hybridized carbons (Fsp3) is 0.185. The van der Waals surface area contributed by atoms with Crippen molar-refractivity contribution < 1.29 is 38.0 Å². The third-order valence-corrected chi connectivity index (χ3v) is 5.51. The molecule has 0 bridgehead atoms. The van der Waals surface area contributed by atoms with Crippen molar-refractivity contribution in [3.05, 3.63) is 76.5 Å². The minimum atomic E-state index is -0.665. The Hall–Kier alpha value is -4.46. The number of carbonyl (C=O) groups is 2. The molecule has 8 heteroatoms. The van der Waals surface area contributed by atoms with Crippen molar-refractivity contribution in [1.29, 1.82) is 0 Å². The standard InChI is InChI=1S/C27H24O8/c1-15-11-18(34-27(29)25-19(31-3)7-6-8-20(25)32-4)14-22-24(15)26(28)23(35-22)12-16-9-10-17(30-2)13-21(16)33-5/h6-14H,1-5H3/b23-12-. The molecule has 3 aromatic carbocycles. The quantitative estimate of drug-likeness (QED) is 0.271. The van der Waals surface area contributed by atoms with Crippen LogP contribution in [0.25, 0.3) is 6.08 Å². The summed E-state index contributed by atoms with van der Waals surface area (Å²) in [5.41, 5.74) is 1.81. The predicted molar refractivity (Wildman–Crippen MR) is 128 cm³/mol. The molecule has 0 radical (unpaired) electrons. The first-order valence-electron chi connectivity index (χ1n) is 10.6. The average molecular weight is 476 g/mol. The van der Waals surface area contributed by atoms with E-state index in [1.54, 1.807) is 62.6 Å². The molecule has 0 atom stereocenters. The summed E-state index contributed by atoms with van der Waals surface area (Å²) in [6.45, 7) is 1.75. The molecule has 0 aromatic heterocycles. The molecule has 0 aliphatic carbocycles. The van der Waals surface area contributed by atoms with Crippen LogP contribution < -0.4 is 28.4 Å². The molecule has 0 saturated carbocycles. The second kappa shape index (κ2) is 9.80. The van der Waals surface area contributed by atoms with Crippen LogP contribution in [0.5, 0.6) is 34.5 Å². The molecule has 0 unspecified atom stereocenters. The van der Waals surface area contributed by atoms with E-state index in [1.807, 2.05) is 0 Å². The second-order valence-corrected chi connectivity index (χ2v) is 7.59. The summed E-state index contributed by atoms with van der Waals surface area (Å²) in [5.74, 6) is 1.48. The van der Waals surface area contributed by atoms with E-state index in [0.717, 1.165) is 0 Å². The van der Waals surface area contributed by atoms with Gasteiger partial charge in [-0.3, -0.25) is 4.79 Å². The Morgan fingerprint density at radius 3 is 2.14 bits per heavy atom. The summed E-state index contributed by atoms with van der Waals surface area (Å²) in [6.07, 6.45) is 1.60. The van der Waals surface area contributed by atoms with Crippen molar-refractivity contribution in [2.45, 2.75) is 6.92 Å². The molecule has 1 heterocycles. The molecule has 35 heavy (non-hydrogen) atoms. The minimum absolute atomic E-state index is 0.126. The fourth-order valence-corrected chi connectivity index (χ4v) is 3.83. The average Bonchev–Trinajstić information content (AvgIpc) is 3.18. The topological polar surface area (TPSA) is 89.5 Å². The van der Waals surface area contributed by atoms with Gasteiger partial charge in [-0.2, -0.15) is 0 Å². The number of fused-ring (bicyclic) bond motifs is 1. The molecule has 4 rings (SSSR count). The summed E-state index contributed by atoms with van der Waals surface area (Å²) in [6, 6.07) is 13.3. The van der Waals surface area contributed by atoms with Gasteiger partial charge >= 0.3 is 5.97 Å². The highest BCUT2D eigenvalue weighted by Gasteiger charge is 2.31. The summed E-state index contributed by atoms with van der Waals surface area (Å²) < 4.78 is 32.7. The van der Waals surface area contributed by atoms with E-state index < -0.39 is 5.97 Å². The molecule has 180 valence electrons. The van der Waals surface area contributed by atoms with Gasteiger partial charge < -0.3 is 28.4 Å². The number of allylic oxidation sites excluding steroid dienone is 1. The number of rotatable bonds is 7. The first-order chi connectivity index (χ1) is 16.9. The van der Waals surface area contributed by atoms with Crippen LogP contribution in [0.1, 0.15) is 31.8 Å². The Balaban J connectivity index is 1.64. The number of ether oxygens (including phenoxy) is 6. The lowest BCUT2D eigenvalue weighted by molar-refractivity contribution is 0.0727. The number of methoxy groups -OCH3 is 4. The first-order valence-corrected chi connectivity index (χ1v) is 10.6. The number of hydrogen-bond acceptors (Lipinski definition) is 8. The molecular formula is C27H24O8. The van der Waals surface area contributed by atoms with Crippen LogP contribution in [0.15, 0.2) is 54.3 Å². The number of ketones is 1. The van der Waals surface area contributed by atoms with Crippen LogP contribution >= 0.6 is 0 Å². The van der Waals surface area contributed by atoms with E-state index in [1.165, 1.54) is 27.4 Å². The van der Waals surface area contributed by atoms with Gasteiger partial charge in [-0.25, -0.2) is 4.79 Å². The van der Waals surface area contributed by atoms with Crippen molar-refractivity contribution in [3.8, 4) is 34.5 Å². The van der Waals surface area contributed by atoms with Gasteiger partial charge in [0.05, 0.1) is 34.0 Å². The van der Waals surface area contributed by atoms with Crippen LogP contribution in [0, 0.1) is 6.92 Å². The highest BCUT2D eigenvalue weighted by molar-refractivity contribution is 6.15. The largest absolute Gasteiger partial charge is 0.497 e. The van der Waals surface area contributed by atoms with Gasteiger partial charge in [-0.05, 0) is 48.9 Å². The maximum Gasteiger partial charge on any atom is 0.351 e. The summed E-state index contributed by atoms with van der Waals surface area (Å²) in [4.78, 5) is 26.0. The monoisotopic (exact) mass is 476 g/mol. The van der Waals surface area contributed by atoms with Crippen molar-refractivity contribution in [3.63, 3.8) is 0 Å². The molecule has 8 nitrogen and oxygen atoms in total. The van der Waals surface area contributed by atoms with E-state index in [9.17, 15) is 9.59 Å². The molecule has 0 spiro atoms. The molecule has 1 aliphatic rings. The predicted octanol–water partition coefficient (Wildman–Crippen LogP) is 4.86. The van der Waals surface area contributed by atoms with Gasteiger partial charge in [0.1, 0.15) is 40.1 Å². The third kappa shape index (κ3) is 4.50. The maximum absolute atomic E-state index is 13.1. The van der Waals surface area contributed by atoms with E-state index in [2.05, 4.69) is 0 Å². The van der Waals surface area contributed by atoms with Crippen LogP contribution in [0.4, 0.5) is 0 Å². The lowest BCUT2D eigenvalue weighted by Crippen LogP contribution is -2.12. The zero-order valence-corrected chi connectivity index (χ0v) is 20.0. The van der Waals surface area contributed by atoms with Crippen LogP contribution in [-0.4, -0.2) is 40.2 Å². The lowest BCUT2D eigenvalue weighted by Gasteiger charge is -2.13. The third-order valence-electron chi connectivity index (χ3n) is 5.51. The van der Waals surface area contributed by atoms with E-state index in [4.69, 9.17) is 28.4 Å². The van der Waals surface area contributed by atoms with Crippen molar-refractivity contribution in [2.24, 2.45) is 0 Å². The van der Waals surface area contributed by atoms with Crippen molar-refractivity contribution in [1.82, 2.24) is 0 Å². The van der Waals surface area contributed by atoms with E-state index in [-0.39, 0.29) is 22.9 Å². The number of Topliss-reactive ketones (excluding diaryl/α,β-unsaturated/α-hetero) is 1. The number of benzene rings is 3. The molecule has 0 saturated heterocycles. The SMILES string of the molecule is COc1ccc(/C=C2\Oc3cc(OC(=O)c4c(OC)cccc4OC)cc(C)c3C2=O)c(OC)c1. The smallest absolute Gasteiger partial charge is 0.351 e. The summed E-state index contributed by atoms with van der Waals surface area (Å²) in [5, 5.41) is 0. The molecular weight excluding hydrogens is 452 g/mol. The van der Waals surface area contributed by atoms with E-state index in [0.29, 0.717) is 45.4 Å². The van der Waals surface area contributed by atoms with Gasteiger partial charge in [0.2, 0.25) is 5.78 Å². The Morgan fingerprint density at radius 1 is 0.829 bits per heavy atom. The minimum Gasteiger partial charge on any atom is -0.497 e. The van der Waals surface area contributed by atoms with Crippen molar-refractivity contribution >= 4 is 17.8 Å². The van der Waals surface area contributed by atoms with Gasteiger partial charge in [0, 0.05) is 17.7 Å². The molecule has 0 amide bonds. The number of carbonyl (C=O) groups excluding carboxylic acids is 2. The molecule has 1 aliphatic heterocycles. The molecule has 3 aromatic rings. The lowest BCUT2D eigenvalue weighted by atomic mass is 10.0. The summed E-state index contributed by atoms with van der Waals surface area (Å²) in [7, 11) is 6.00.